The van der Waals surface area contributed by atoms with E-state index in [0.717, 1.165) is 36.0 Å². The van der Waals surface area contributed by atoms with E-state index in [2.05, 4.69) is 21.1 Å². The topological polar surface area (TPSA) is 57.9 Å². The zero-order chi connectivity index (χ0) is 17.1. The predicted octanol–water partition coefficient (Wildman–Crippen LogP) is 4.35. The minimum Gasteiger partial charge on any atom is -0.435 e. The van der Waals surface area contributed by atoms with Gasteiger partial charge in [0.15, 0.2) is 0 Å². The van der Waals surface area contributed by atoms with Crippen LogP contribution in [0, 0.1) is 18.3 Å². The fourth-order valence-electron chi connectivity index (χ4n) is 3.02. The molecule has 3 rings (SSSR count). The lowest BCUT2D eigenvalue weighted by Crippen LogP contribution is -2.18. The van der Waals surface area contributed by atoms with Gasteiger partial charge in [-0.05, 0) is 61.1 Å². The second-order valence-electron chi connectivity index (χ2n) is 5.80. The van der Waals surface area contributed by atoms with Gasteiger partial charge in [0.1, 0.15) is 23.3 Å². The van der Waals surface area contributed by atoms with Crippen molar-refractivity contribution in [1.29, 1.82) is 5.26 Å². The van der Waals surface area contributed by atoms with Crippen molar-refractivity contribution >= 4 is 5.82 Å². The standard InChI is InChI=1S/C18H17F2N3O/c1-11-5-8-17(23-16(11)10-21)22-15-4-2-3-12-9-13(24-18(19)20)6-7-14(12)15/h5-9,15,18H,2-4H2,1H3,(H,22,23). The molecular formula is C18H17F2N3O. The highest BCUT2D eigenvalue weighted by Gasteiger charge is 2.21. The van der Waals surface area contributed by atoms with Crippen molar-refractivity contribution in [3.63, 3.8) is 0 Å². The Bertz CT molecular complexity index is 786. The first kappa shape index (κ1) is 16.2. The molecule has 4 nitrogen and oxygen atoms in total. The predicted molar refractivity (Wildman–Crippen MR) is 86.1 cm³/mol. The van der Waals surface area contributed by atoms with Crippen LogP contribution in [0.3, 0.4) is 0 Å². The molecule has 1 aromatic heterocycles. The number of anilines is 1. The van der Waals surface area contributed by atoms with Crippen LogP contribution in [0.5, 0.6) is 5.75 Å². The summed E-state index contributed by atoms with van der Waals surface area (Å²) < 4.78 is 29.2. The lowest BCUT2D eigenvalue weighted by Gasteiger charge is -2.27. The van der Waals surface area contributed by atoms with Gasteiger partial charge in [0.25, 0.3) is 0 Å². The van der Waals surface area contributed by atoms with Gasteiger partial charge in [0.05, 0.1) is 6.04 Å². The van der Waals surface area contributed by atoms with Crippen molar-refractivity contribution in [2.24, 2.45) is 0 Å². The average molecular weight is 329 g/mol. The van der Waals surface area contributed by atoms with E-state index in [1.54, 1.807) is 12.1 Å². The van der Waals surface area contributed by atoms with E-state index in [1.807, 2.05) is 25.1 Å². The van der Waals surface area contributed by atoms with E-state index in [9.17, 15) is 8.78 Å². The number of rotatable bonds is 4. The Balaban J connectivity index is 1.83. The molecule has 0 fully saturated rings. The smallest absolute Gasteiger partial charge is 0.387 e. The Morgan fingerprint density at radius 1 is 1.33 bits per heavy atom. The number of hydrogen-bond acceptors (Lipinski definition) is 4. The Kier molecular flexibility index (Phi) is 4.61. The van der Waals surface area contributed by atoms with Gasteiger partial charge in [-0.25, -0.2) is 4.98 Å². The zero-order valence-electron chi connectivity index (χ0n) is 13.2. The summed E-state index contributed by atoms with van der Waals surface area (Å²) in [4.78, 5) is 4.32. The lowest BCUT2D eigenvalue weighted by molar-refractivity contribution is -0.0499. The third-order valence-corrected chi connectivity index (χ3v) is 4.18. The van der Waals surface area contributed by atoms with E-state index in [-0.39, 0.29) is 11.8 Å². The summed E-state index contributed by atoms with van der Waals surface area (Å²) in [5.41, 5.74) is 3.30. The number of ether oxygens (including phenoxy) is 1. The van der Waals surface area contributed by atoms with Gasteiger partial charge in [-0.2, -0.15) is 14.0 Å². The lowest BCUT2D eigenvalue weighted by atomic mass is 9.87. The first-order valence-corrected chi connectivity index (χ1v) is 7.78. The number of nitriles is 1. The third kappa shape index (κ3) is 3.46. The number of aryl methyl sites for hydroxylation is 2. The normalized spacial score (nSPS) is 16.4. The Morgan fingerprint density at radius 2 is 2.17 bits per heavy atom. The maximum atomic E-state index is 12.4. The van der Waals surface area contributed by atoms with Crippen LogP contribution in [-0.4, -0.2) is 11.6 Å². The van der Waals surface area contributed by atoms with E-state index in [0.29, 0.717) is 11.5 Å². The largest absolute Gasteiger partial charge is 0.435 e. The molecule has 0 saturated carbocycles. The fraction of sp³-hybridized carbons (Fsp3) is 0.333. The van der Waals surface area contributed by atoms with Crippen molar-refractivity contribution in [2.45, 2.75) is 38.8 Å². The molecule has 1 N–H and O–H groups in total. The molecule has 0 amide bonds. The van der Waals surface area contributed by atoms with Crippen LogP contribution in [0.1, 0.15) is 41.3 Å². The van der Waals surface area contributed by atoms with Gasteiger partial charge in [-0.1, -0.05) is 12.1 Å². The summed E-state index contributed by atoms with van der Waals surface area (Å²) in [6, 6.07) is 10.9. The molecule has 0 radical (unpaired) electrons. The quantitative estimate of drug-likeness (QED) is 0.906. The van der Waals surface area contributed by atoms with Crippen molar-refractivity contribution < 1.29 is 13.5 Å². The van der Waals surface area contributed by atoms with Crippen molar-refractivity contribution in [1.82, 2.24) is 4.98 Å². The van der Waals surface area contributed by atoms with Gasteiger partial charge < -0.3 is 10.1 Å². The van der Waals surface area contributed by atoms with Crippen LogP contribution in [0.2, 0.25) is 0 Å². The maximum Gasteiger partial charge on any atom is 0.387 e. The van der Waals surface area contributed by atoms with Crippen molar-refractivity contribution in [2.75, 3.05) is 5.32 Å². The monoisotopic (exact) mass is 329 g/mol. The summed E-state index contributed by atoms with van der Waals surface area (Å²) in [5, 5.41) is 12.4. The Hall–Kier alpha value is -2.68. The molecule has 0 spiro atoms. The highest BCUT2D eigenvalue weighted by atomic mass is 19.3. The van der Waals surface area contributed by atoms with Crippen LogP contribution in [0.4, 0.5) is 14.6 Å². The van der Waals surface area contributed by atoms with Crippen LogP contribution in [0.25, 0.3) is 0 Å². The van der Waals surface area contributed by atoms with Gasteiger partial charge >= 0.3 is 6.61 Å². The highest BCUT2D eigenvalue weighted by molar-refractivity contribution is 5.47. The molecule has 124 valence electrons. The number of alkyl halides is 2. The molecule has 1 heterocycles. The molecule has 6 heteroatoms. The fourth-order valence-corrected chi connectivity index (χ4v) is 3.02. The average Bonchev–Trinajstić information content (AvgIpc) is 2.56. The number of benzene rings is 1. The molecule has 1 aliphatic rings. The van der Waals surface area contributed by atoms with Gasteiger partial charge in [0.2, 0.25) is 0 Å². The van der Waals surface area contributed by atoms with E-state index >= 15 is 0 Å². The maximum absolute atomic E-state index is 12.4. The molecule has 1 aromatic carbocycles. The van der Waals surface area contributed by atoms with Gasteiger partial charge in [0, 0.05) is 0 Å². The van der Waals surface area contributed by atoms with Gasteiger partial charge in [-0.15, -0.1) is 0 Å². The third-order valence-electron chi connectivity index (χ3n) is 4.18. The molecule has 24 heavy (non-hydrogen) atoms. The van der Waals surface area contributed by atoms with Crippen LogP contribution in [-0.2, 0) is 6.42 Å². The number of nitrogens with zero attached hydrogens (tertiary/aromatic N) is 2. The number of halogens is 2. The number of hydrogen-bond donors (Lipinski definition) is 1. The van der Waals surface area contributed by atoms with E-state index in [1.165, 1.54) is 0 Å². The SMILES string of the molecule is Cc1ccc(NC2CCCc3cc(OC(F)F)ccc32)nc1C#N. The van der Waals surface area contributed by atoms with Crippen molar-refractivity contribution in [3.05, 3.63) is 52.7 Å². The minimum atomic E-state index is -2.82. The molecule has 0 bridgehead atoms. The molecule has 1 aliphatic carbocycles. The van der Waals surface area contributed by atoms with Gasteiger partial charge in [-0.3, -0.25) is 0 Å². The van der Waals surface area contributed by atoms with E-state index < -0.39 is 6.61 Å². The second-order valence-corrected chi connectivity index (χ2v) is 5.80. The van der Waals surface area contributed by atoms with Crippen LogP contribution >= 0.6 is 0 Å². The van der Waals surface area contributed by atoms with Crippen LogP contribution < -0.4 is 10.1 Å². The summed E-state index contributed by atoms with van der Waals surface area (Å²) in [7, 11) is 0. The van der Waals surface area contributed by atoms with Crippen LogP contribution in [0.15, 0.2) is 30.3 Å². The zero-order valence-corrected chi connectivity index (χ0v) is 13.2. The number of nitrogens with one attached hydrogen (secondary N) is 1. The Labute approximate surface area is 139 Å². The summed E-state index contributed by atoms with van der Waals surface area (Å²) in [5.74, 6) is 0.826. The molecule has 0 saturated heterocycles. The Morgan fingerprint density at radius 3 is 2.92 bits per heavy atom. The van der Waals surface area contributed by atoms with E-state index in [4.69, 9.17) is 5.26 Å². The number of aromatic nitrogens is 1. The van der Waals surface area contributed by atoms with Crippen molar-refractivity contribution in [3.8, 4) is 11.8 Å². The number of pyridine rings is 1. The molecular weight excluding hydrogens is 312 g/mol. The second kappa shape index (κ2) is 6.83. The summed E-state index contributed by atoms with van der Waals surface area (Å²) in [6.45, 7) is -0.975. The highest BCUT2D eigenvalue weighted by Crippen LogP contribution is 2.34. The molecule has 2 aromatic rings. The first-order chi connectivity index (χ1) is 11.6. The molecule has 0 aliphatic heterocycles. The number of fused-ring (bicyclic) bond motifs is 1. The first-order valence-electron chi connectivity index (χ1n) is 7.78. The minimum absolute atomic E-state index is 0.0381. The molecule has 1 unspecified atom stereocenters. The molecule has 1 atom stereocenters. The summed E-state index contributed by atoms with van der Waals surface area (Å²) >= 11 is 0. The summed E-state index contributed by atoms with van der Waals surface area (Å²) in [6.07, 6.45) is 2.69.